The van der Waals surface area contributed by atoms with Gasteiger partial charge in [0.25, 0.3) is 0 Å². The standard InChI is InChI=1S/C23H26N4OS/c1-16-9-10-19(17(2)13-16)14-26(3)21(28)15-29-23-25-24-22(18-11-12-18)27(23)20-7-5-4-6-8-20/h4-10,13,18H,11-12,14-15H2,1-3H3. The van der Waals surface area contributed by atoms with E-state index in [4.69, 9.17) is 0 Å². The number of amides is 1. The molecule has 0 radical (unpaired) electrons. The van der Waals surface area contributed by atoms with Gasteiger partial charge in [0.1, 0.15) is 5.82 Å². The van der Waals surface area contributed by atoms with Crippen LogP contribution in [0.3, 0.4) is 0 Å². The van der Waals surface area contributed by atoms with E-state index >= 15 is 0 Å². The lowest BCUT2D eigenvalue weighted by Crippen LogP contribution is -2.28. The van der Waals surface area contributed by atoms with E-state index in [-0.39, 0.29) is 5.91 Å². The third kappa shape index (κ3) is 4.53. The highest BCUT2D eigenvalue weighted by molar-refractivity contribution is 7.99. The minimum Gasteiger partial charge on any atom is -0.341 e. The van der Waals surface area contributed by atoms with E-state index < -0.39 is 0 Å². The summed E-state index contributed by atoms with van der Waals surface area (Å²) in [7, 11) is 1.86. The SMILES string of the molecule is Cc1ccc(CN(C)C(=O)CSc2nnc(C3CC3)n2-c2ccccc2)c(C)c1. The molecule has 1 aliphatic carbocycles. The third-order valence-corrected chi connectivity index (χ3v) is 6.19. The topological polar surface area (TPSA) is 51.0 Å². The Morgan fingerprint density at radius 3 is 2.59 bits per heavy atom. The van der Waals surface area contributed by atoms with Gasteiger partial charge in [-0.1, -0.05) is 53.7 Å². The molecule has 0 saturated heterocycles. The maximum Gasteiger partial charge on any atom is 0.233 e. The zero-order valence-electron chi connectivity index (χ0n) is 17.1. The molecule has 0 atom stereocenters. The Labute approximate surface area is 176 Å². The van der Waals surface area contributed by atoms with Crippen LogP contribution in [-0.2, 0) is 11.3 Å². The monoisotopic (exact) mass is 406 g/mol. The molecule has 0 aliphatic heterocycles. The van der Waals surface area contributed by atoms with Crippen molar-refractivity contribution in [2.24, 2.45) is 0 Å². The first-order valence-corrected chi connectivity index (χ1v) is 10.9. The van der Waals surface area contributed by atoms with Crippen LogP contribution in [0, 0.1) is 13.8 Å². The molecule has 29 heavy (non-hydrogen) atoms. The van der Waals surface area contributed by atoms with Crippen LogP contribution in [0.15, 0.2) is 53.7 Å². The van der Waals surface area contributed by atoms with Gasteiger partial charge in [-0.3, -0.25) is 9.36 Å². The van der Waals surface area contributed by atoms with E-state index in [1.54, 1.807) is 4.90 Å². The molecule has 1 fully saturated rings. The first kappa shape index (κ1) is 19.7. The van der Waals surface area contributed by atoms with Crippen molar-refractivity contribution in [2.45, 2.75) is 44.3 Å². The molecule has 6 heteroatoms. The number of hydrogen-bond donors (Lipinski definition) is 0. The number of hydrogen-bond acceptors (Lipinski definition) is 4. The maximum absolute atomic E-state index is 12.7. The lowest BCUT2D eigenvalue weighted by atomic mass is 10.1. The molecule has 1 aromatic heterocycles. The van der Waals surface area contributed by atoms with Crippen molar-refractivity contribution in [3.63, 3.8) is 0 Å². The molecule has 0 spiro atoms. The highest BCUT2D eigenvalue weighted by Crippen LogP contribution is 2.41. The molecular weight excluding hydrogens is 380 g/mol. The Morgan fingerprint density at radius 2 is 1.90 bits per heavy atom. The Hall–Kier alpha value is -2.60. The fourth-order valence-electron chi connectivity index (χ4n) is 3.40. The molecule has 150 valence electrons. The van der Waals surface area contributed by atoms with Gasteiger partial charge >= 0.3 is 0 Å². The predicted molar refractivity (Wildman–Crippen MR) is 116 cm³/mol. The number of thioether (sulfide) groups is 1. The van der Waals surface area contributed by atoms with Crippen molar-refractivity contribution < 1.29 is 4.79 Å². The van der Waals surface area contributed by atoms with Gasteiger partial charge in [0.05, 0.1) is 5.75 Å². The van der Waals surface area contributed by atoms with Crippen LogP contribution in [0.5, 0.6) is 0 Å². The summed E-state index contributed by atoms with van der Waals surface area (Å²) in [6.07, 6.45) is 2.32. The number of carbonyl (C=O) groups excluding carboxylic acids is 1. The summed E-state index contributed by atoms with van der Waals surface area (Å²) in [6.45, 7) is 4.79. The molecule has 0 bridgehead atoms. The van der Waals surface area contributed by atoms with Gasteiger partial charge < -0.3 is 4.90 Å². The van der Waals surface area contributed by atoms with Gasteiger partial charge in [-0.15, -0.1) is 10.2 Å². The summed E-state index contributed by atoms with van der Waals surface area (Å²) in [5.74, 6) is 1.93. The minimum absolute atomic E-state index is 0.0885. The molecule has 0 unspecified atom stereocenters. The van der Waals surface area contributed by atoms with Gasteiger partial charge in [0, 0.05) is 25.2 Å². The number of rotatable bonds is 7. The number of para-hydroxylation sites is 1. The Bertz CT molecular complexity index is 1010. The van der Waals surface area contributed by atoms with E-state index in [1.807, 2.05) is 25.2 Å². The number of nitrogens with zero attached hydrogens (tertiary/aromatic N) is 4. The van der Waals surface area contributed by atoms with Crippen molar-refractivity contribution in [2.75, 3.05) is 12.8 Å². The number of benzene rings is 2. The summed E-state index contributed by atoms with van der Waals surface area (Å²) in [5, 5.41) is 9.61. The number of aromatic nitrogens is 3. The van der Waals surface area contributed by atoms with E-state index in [9.17, 15) is 4.79 Å². The average molecular weight is 407 g/mol. The van der Waals surface area contributed by atoms with Crippen LogP contribution < -0.4 is 0 Å². The predicted octanol–water partition coefficient (Wildman–Crippen LogP) is 4.51. The summed E-state index contributed by atoms with van der Waals surface area (Å²) in [5.41, 5.74) is 4.69. The van der Waals surface area contributed by atoms with Crippen LogP contribution in [0.4, 0.5) is 0 Å². The van der Waals surface area contributed by atoms with E-state index in [1.165, 1.54) is 28.5 Å². The van der Waals surface area contributed by atoms with Crippen molar-refractivity contribution in [1.82, 2.24) is 19.7 Å². The zero-order chi connectivity index (χ0) is 20.4. The van der Waals surface area contributed by atoms with E-state index in [2.05, 4.69) is 58.9 Å². The molecule has 1 amide bonds. The molecule has 1 saturated carbocycles. The first-order valence-electron chi connectivity index (χ1n) is 9.96. The highest BCUT2D eigenvalue weighted by Gasteiger charge is 2.31. The van der Waals surface area contributed by atoms with Gasteiger partial charge in [0.15, 0.2) is 5.16 Å². The second-order valence-corrected chi connectivity index (χ2v) is 8.70. The van der Waals surface area contributed by atoms with Gasteiger partial charge in [0.2, 0.25) is 5.91 Å². The molecule has 0 N–H and O–H groups in total. The Balaban J connectivity index is 1.45. The fraction of sp³-hybridized carbons (Fsp3) is 0.348. The van der Waals surface area contributed by atoms with Crippen LogP contribution in [0.2, 0.25) is 0 Å². The van der Waals surface area contributed by atoms with E-state index in [0.717, 1.165) is 29.5 Å². The number of carbonyl (C=O) groups is 1. The molecule has 4 rings (SSSR count). The summed E-state index contributed by atoms with van der Waals surface area (Å²) < 4.78 is 2.11. The Kier molecular flexibility index (Phi) is 5.72. The lowest BCUT2D eigenvalue weighted by Gasteiger charge is -2.18. The molecule has 2 aromatic carbocycles. The van der Waals surface area contributed by atoms with Crippen molar-refractivity contribution in [3.05, 3.63) is 71.0 Å². The van der Waals surface area contributed by atoms with Crippen LogP contribution in [0.1, 0.15) is 41.3 Å². The van der Waals surface area contributed by atoms with E-state index in [0.29, 0.717) is 18.2 Å². The smallest absolute Gasteiger partial charge is 0.233 e. The third-order valence-electron chi connectivity index (χ3n) is 5.27. The van der Waals surface area contributed by atoms with Gasteiger partial charge in [-0.2, -0.15) is 0 Å². The fourth-order valence-corrected chi connectivity index (χ4v) is 4.30. The van der Waals surface area contributed by atoms with Crippen LogP contribution >= 0.6 is 11.8 Å². The molecular formula is C23H26N4OS. The summed E-state index contributed by atoms with van der Waals surface area (Å²) >= 11 is 1.46. The first-order chi connectivity index (χ1) is 14.0. The molecule has 1 aliphatic rings. The highest BCUT2D eigenvalue weighted by atomic mass is 32.2. The van der Waals surface area contributed by atoms with Crippen molar-refractivity contribution in [3.8, 4) is 5.69 Å². The molecule has 1 heterocycles. The second kappa shape index (κ2) is 8.41. The van der Waals surface area contributed by atoms with Crippen LogP contribution in [-0.4, -0.2) is 38.4 Å². The average Bonchev–Trinajstić information content (AvgIpc) is 3.48. The quantitative estimate of drug-likeness (QED) is 0.542. The van der Waals surface area contributed by atoms with Crippen LogP contribution in [0.25, 0.3) is 5.69 Å². The summed E-state index contributed by atoms with van der Waals surface area (Å²) in [4.78, 5) is 14.5. The normalized spacial score (nSPS) is 13.5. The largest absolute Gasteiger partial charge is 0.341 e. The molecule has 3 aromatic rings. The van der Waals surface area contributed by atoms with Gasteiger partial charge in [-0.05, 0) is 49.9 Å². The second-order valence-electron chi connectivity index (χ2n) is 7.75. The number of aryl methyl sites for hydroxylation is 2. The Morgan fingerprint density at radius 1 is 1.14 bits per heavy atom. The lowest BCUT2D eigenvalue weighted by molar-refractivity contribution is -0.127. The summed E-state index contributed by atoms with van der Waals surface area (Å²) in [6, 6.07) is 16.5. The maximum atomic E-state index is 12.7. The minimum atomic E-state index is 0.0885. The van der Waals surface area contributed by atoms with Crippen molar-refractivity contribution >= 4 is 17.7 Å². The van der Waals surface area contributed by atoms with Gasteiger partial charge in [-0.25, -0.2) is 0 Å². The van der Waals surface area contributed by atoms with Crippen molar-refractivity contribution in [1.29, 1.82) is 0 Å². The molecule has 5 nitrogen and oxygen atoms in total. The zero-order valence-corrected chi connectivity index (χ0v) is 17.9.